The van der Waals surface area contributed by atoms with Crippen LogP contribution in [0.4, 0.5) is 0 Å². The molecule has 96 valence electrons. The second-order valence-electron chi connectivity index (χ2n) is 5.35. The highest BCUT2D eigenvalue weighted by Crippen LogP contribution is 2.22. The minimum Gasteiger partial charge on any atom is -0.314 e. The van der Waals surface area contributed by atoms with Crippen LogP contribution in [0, 0.1) is 0 Å². The third kappa shape index (κ3) is 4.81. The first kappa shape index (κ1) is 13.9. The molecule has 0 aromatic heterocycles. The molecule has 1 saturated carbocycles. The summed E-state index contributed by atoms with van der Waals surface area (Å²) in [4.78, 5) is 4.81. The SMILES string of the molecule is CCNC1CCC(N(C)CCN(C)C)CC1. The molecule has 0 spiro atoms. The molecule has 1 N–H and O–H groups in total. The van der Waals surface area contributed by atoms with Crippen LogP contribution in [0.3, 0.4) is 0 Å². The lowest BCUT2D eigenvalue weighted by molar-refractivity contribution is 0.163. The van der Waals surface area contributed by atoms with Gasteiger partial charge in [0.25, 0.3) is 0 Å². The molecule has 0 atom stereocenters. The van der Waals surface area contributed by atoms with Gasteiger partial charge in [0.1, 0.15) is 0 Å². The molecule has 3 nitrogen and oxygen atoms in total. The lowest BCUT2D eigenvalue weighted by Gasteiger charge is -2.35. The highest BCUT2D eigenvalue weighted by atomic mass is 15.2. The fourth-order valence-corrected chi connectivity index (χ4v) is 2.55. The van der Waals surface area contributed by atoms with E-state index in [9.17, 15) is 0 Å². The van der Waals surface area contributed by atoms with E-state index < -0.39 is 0 Å². The topological polar surface area (TPSA) is 18.5 Å². The Morgan fingerprint density at radius 3 is 2.12 bits per heavy atom. The third-order valence-corrected chi connectivity index (χ3v) is 3.71. The van der Waals surface area contributed by atoms with E-state index in [2.05, 4.69) is 43.2 Å². The summed E-state index contributed by atoms with van der Waals surface area (Å²) >= 11 is 0. The number of nitrogens with one attached hydrogen (secondary N) is 1. The standard InChI is InChI=1S/C13H29N3/c1-5-14-12-6-8-13(9-7-12)16(4)11-10-15(2)3/h12-14H,5-11H2,1-4H3. The van der Waals surface area contributed by atoms with Crippen molar-refractivity contribution in [3.63, 3.8) is 0 Å². The molecular weight excluding hydrogens is 198 g/mol. The van der Waals surface area contributed by atoms with Gasteiger partial charge in [-0.15, -0.1) is 0 Å². The molecule has 0 heterocycles. The molecule has 0 bridgehead atoms. The number of hydrogen-bond donors (Lipinski definition) is 1. The summed E-state index contributed by atoms with van der Waals surface area (Å²) in [6.07, 6.45) is 5.43. The average Bonchev–Trinajstić information content (AvgIpc) is 2.27. The average molecular weight is 227 g/mol. The molecule has 0 aromatic rings. The molecular formula is C13H29N3. The Kier molecular flexibility index (Phi) is 6.32. The molecule has 0 unspecified atom stereocenters. The van der Waals surface area contributed by atoms with Crippen LogP contribution >= 0.6 is 0 Å². The van der Waals surface area contributed by atoms with Crippen LogP contribution in [0.2, 0.25) is 0 Å². The largest absolute Gasteiger partial charge is 0.314 e. The molecule has 1 aliphatic rings. The third-order valence-electron chi connectivity index (χ3n) is 3.71. The van der Waals surface area contributed by atoms with Crippen molar-refractivity contribution >= 4 is 0 Å². The van der Waals surface area contributed by atoms with E-state index in [1.165, 1.54) is 38.8 Å². The van der Waals surface area contributed by atoms with Gasteiger partial charge in [-0.2, -0.15) is 0 Å². The van der Waals surface area contributed by atoms with Crippen LogP contribution < -0.4 is 5.32 Å². The Hall–Kier alpha value is -0.120. The lowest BCUT2D eigenvalue weighted by atomic mass is 9.90. The van der Waals surface area contributed by atoms with Gasteiger partial charge in [-0.25, -0.2) is 0 Å². The minimum absolute atomic E-state index is 0.781. The minimum atomic E-state index is 0.781. The van der Waals surface area contributed by atoms with Gasteiger partial charge in [-0.05, 0) is 53.4 Å². The maximum atomic E-state index is 3.57. The van der Waals surface area contributed by atoms with Gasteiger partial charge in [0.15, 0.2) is 0 Å². The first-order valence-electron chi connectivity index (χ1n) is 6.71. The van der Waals surface area contributed by atoms with Gasteiger partial charge in [-0.1, -0.05) is 6.92 Å². The smallest absolute Gasteiger partial charge is 0.0109 e. The zero-order valence-corrected chi connectivity index (χ0v) is 11.5. The summed E-state index contributed by atoms with van der Waals surface area (Å²) in [5.74, 6) is 0. The number of nitrogens with zero attached hydrogens (tertiary/aromatic N) is 2. The van der Waals surface area contributed by atoms with Crippen LogP contribution in [0.5, 0.6) is 0 Å². The number of hydrogen-bond acceptors (Lipinski definition) is 3. The van der Waals surface area contributed by atoms with Crippen LogP contribution in [-0.2, 0) is 0 Å². The highest BCUT2D eigenvalue weighted by molar-refractivity contribution is 4.81. The fourth-order valence-electron chi connectivity index (χ4n) is 2.55. The molecule has 1 rings (SSSR count). The Labute approximate surface area is 101 Å². The van der Waals surface area contributed by atoms with Crippen LogP contribution in [-0.4, -0.2) is 62.7 Å². The predicted molar refractivity (Wildman–Crippen MR) is 70.9 cm³/mol. The molecule has 0 radical (unpaired) electrons. The van der Waals surface area contributed by atoms with Crippen molar-refractivity contribution in [1.29, 1.82) is 0 Å². The van der Waals surface area contributed by atoms with E-state index in [1.54, 1.807) is 0 Å². The normalized spacial score (nSPS) is 26.6. The summed E-state index contributed by atoms with van der Waals surface area (Å²) in [7, 11) is 6.58. The number of rotatable bonds is 6. The fraction of sp³-hybridized carbons (Fsp3) is 1.00. The monoisotopic (exact) mass is 227 g/mol. The van der Waals surface area contributed by atoms with Gasteiger partial charge < -0.3 is 15.1 Å². The van der Waals surface area contributed by atoms with E-state index in [0.717, 1.165) is 18.6 Å². The van der Waals surface area contributed by atoms with E-state index in [4.69, 9.17) is 0 Å². The van der Waals surface area contributed by atoms with E-state index in [0.29, 0.717) is 0 Å². The van der Waals surface area contributed by atoms with E-state index >= 15 is 0 Å². The Bertz CT molecular complexity index is 174. The second kappa shape index (κ2) is 7.25. The quantitative estimate of drug-likeness (QED) is 0.740. The maximum Gasteiger partial charge on any atom is 0.0109 e. The van der Waals surface area contributed by atoms with E-state index in [1.807, 2.05) is 0 Å². The van der Waals surface area contributed by atoms with Crippen molar-refractivity contribution in [2.45, 2.75) is 44.7 Å². The lowest BCUT2D eigenvalue weighted by Crippen LogP contribution is -2.42. The van der Waals surface area contributed by atoms with Gasteiger partial charge in [0, 0.05) is 25.2 Å². The van der Waals surface area contributed by atoms with Crippen molar-refractivity contribution in [3.8, 4) is 0 Å². The van der Waals surface area contributed by atoms with Crippen molar-refractivity contribution in [2.24, 2.45) is 0 Å². The van der Waals surface area contributed by atoms with Crippen LogP contribution in [0.25, 0.3) is 0 Å². The molecule has 0 amide bonds. The Morgan fingerprint density at radius 1 is 1.00 bits per heavy atom. The first-order valence-corrected chi connectivity index (χ1v) is 6.71. The summed E-state index contributed by atoms with van der Waals surface area (Å²) < 4.78 is 0. The summed E-state index contributed by atoms with van der Waals surface area (Å²) in [5.41, 5.74) is 0. The summed E-state index contributed by atoms with van der Waals surface area (Å²) in [6, 6.07) is 1.60. The summed E-state index contributed by atoms with van der Waals surface area (Å²) in [5, 5.41) is 3.57. The second-order valence-corrected chi connectivity index (χ2v) is 5.35. The Morgan fingerprint density at radius 2 is 1.62 bits per heavy atom. The molecule has 0 saturated heterocycles. The van der Waals surface area contributed by atoms with Gasteiger partial charge >= 0.3 is 0 Å². The van der Waals surface area contributed by atoms with Crippen molar-refractivity contribution in [3.05, 3.63) is 0 Å². The van der Waals surface area contributed by atoms with Gasteiger partial charge in [0.2, 0.25) is 0 Å². The highest BCUT2D eigenvalue weighted by Gasteiger charge is 2.22. The van der Waals surface area contributed by atoms with Crippen molar-refractivity contribution in [2.75, 3.05) is 40.8 Å². The Balaban J connectivity index is 2.19. The van der Waals surface area contributed by atoms with Gasteiger partial charge in [0.05, 0.1) is 0 Å². The number of likely N-dealkylation sites (N-methyl/N-ethyl adjacent to an activating group) is 2. The van der Waals surface area contributed by atoms with E-state index in [-0.39, 0.29) is 0 Å². The molecule has 1 fully saturated rings. The molecule has 0 aromatic carbocycles. The first-order chi connectivity index (χ1) is 7.63. The van der Waals surface area contributed by atoms with Gasteiger partial charge in [-0.3, -0.25) is 0 Å². The maximum absolute atomic E-state index is 3.57. The van der Waals surface area contributed by atoms with Crippen molar-refractivity contribution in [1.82, 2.24) is 15.1 Å². The van der Waals surface area contributed by atoms with Crippen LogP contribution in [0.15, 0.2) is 0 Å². The molecule has 0 aliphatic heterocycles. The molecule has 3 heteroatoms. The van der Waals surface area contributed by atoms with Crippen molar-refractivity contribution < 1.29 is 0 Å². The predicted octanol–water partition coefficient (Wildman–Crippen LogP) is 1.40. The summed E-state index contributed by atoms with van der Waals surface area (Å²) in [6.45, 7) is 5.69. The molecule has 1 aliphatic carbocycles. The van der Waals surface area contributed by atoms with Crippen LogP contribution in [0.1, 0.15) is 32.6 Å². The zero-order chi connectivity index (χ0) is 12.0. The zero-order valence-electron chi connectivity index (χ0n) is 11.5. The molecule has 16 heavy (non-hydrogen) atoms.